The van der Waals surface area contributed by atoms with Crippen molar-refractivity contribution < 1.29 is 14.3 Å². The fourth-order valence-electron chi connectivity index (χ4n) is 7.27. The average Bonchev–Trinajstić information content (AvgIpc) is 3.65. The molecule has 5 atom stereocenters. The number of halogens is 1. The number of likely N-dealkylation sites (N-methyl/N-ethyl adjacent to an activating group) is 1. The van der Waals surface area contributed by atoms with Gasteiger partial charge in [-0.15, -0.1) is 0 Å². The van der Waals surface area contributed by atoms with Gasteiger partial charge in [-0.1, -0.05) is 69.2 Å². The highest BCUT2D eigenvalue weighted by Gasteiger charge is 2.34. The van der Waals surface area contributed by atoms with Crippen LogP contribution in [0.3, 0.4) is 0 Å². The lowest BCUT2D eigenvalue weighted by molar-refractivity contribution is -0.140. The molecule has 5 rings (SSSR count). The molecule has 2 aliphatic heterocycles. The summed E-state index contributed by atoms with van der Waals surface area (Å²) in [6.45, 7) is 10.7. The number of carboxylic acids is 1. The minimum Gasteiger partial charge on any atom is -0.480 e. The topological polar surface area (TPSA) is 67.8 Å². The maximum absolute atomic E-state index is 13.8. The van der Waals surface area contributed by atoms with E-state index in [-0.39, 0.29) is 11.7 Å². The lowest BCUT2D eigenvalue weighted by atomic mass is 9.87. The van der Waals surface area contributed by atoms with Crippen molar-refractivity contribution in [3.05, 3.63) is 83.3 Å². The van der Waals surface area contributed by atoms with Crippen LogP contribution in [0.1, 0.15) is 76.3 Å². The van der Waals surface area contributed by atoms with Gasteiger partial charge in [0.2, 0.25) is 0 Å². The highest BCUT2D eigenvalue weighted by atomic mass is 19.1. The third-order valence-corrected chi connectivity index (χ3v) is 9.84. The first kappa shape index (κ1) is 33.2. The van der Waals surface area contributed by atoms with Crippen molar-refractivity contribution in [2.45, 2.75) is 83.7 Å². The summed E-state index contributed by atoms with van der Waals surface area (Å²) in [6, 6.07) is 18.1. The van der Waals surface area contributed by atoms with E-state index in [1.165, 1.54) is 68.6 Å². The van der Waals surface area contributed by atoms with E-state index in [1.54, 1.807) is 19.2 Å². The minimum atomic E-state index is -0.767. The number of aliphatic carboxylic acids is 1. The van der Waals surface area contributed by atoms with Gasteiger partial charge in [-0.05, 0) is 106 Å². The molecule has 3 N–H and O–H groups in total. The number of carboxylic acid groups (broad SMARTS) is 1. The molecule has 0 radical (unpaired) electrons. The largest absolute Gasteiger partial charge is 0.480 e. The molecule has 0 bridgehead atoms. The summed E-state index contributed by atoms with van der Waals surface area (Å²) in [5, 5.41) is 13.8. The predicted octanol–water partition coefficient (Wildman–Crippen LogP) is 6.46. The molecule has 0 amide bonds. The summed E-state index contributed by atoms with van der Waals surface area (Å²) in [5.41, 5.74) is 7.84. The molecule has 43 heavy (non-hydrogen) atoms. The number of carbonyl (C=O) groups is 1. The van der Waals surface area contributed by atoms with E-state index in [1.807, 2.05) is 19.9 Å². The normalized spacial score (nSPS) is 24.3. The number of rotatable bonds is 11. The van der Waals surface area contributed by atoms with E-state index in [4.69, 9.17) is 5.11 Å². The van der Waals surface area contributed by atoms with Crippen LogP contribution in [0.4, 0.5) is 4.39 Å². The average molecular weight is 593 g/mol. The van der Waals surface area contributed by atoms with Crippen molar-refractivity contribution in [2.24, 2.45) is 17.8 Å². The molecule has 0 aromatic heterocycles. The first-order valence-electron chi connectivity index (χ1n) is 16.5. The van der Waals surface area contributed by atoms with E-state index in [2.05, 4.69) is 70.0 Å². The van der Waals surface area contributed by atoms with Crippen LogP contribution >= 0.6 is 0 Å². The monoisotopic (exact) mass is 592 g/mol. The molecule has 6 nitrogen and oxygen atoms in total. The lowest BCUT2D eigenvalue weighted by Gasteiger charge is -2.37. The zero-order valence-corrected chi connectivity index (χ0v) is 26.6. The number of allylic oxidation sites excluding steroid dienone is 1. The molecule has 1 saturated carbocycles. The highest BCUT2D eigenvalue weighted by Crippen LogP contribution is 2.41. The Kier molecular flexibility index (Phi) is 12.6. The van der Waals surface area contributed by atoms with E-state index in [9.17, 15) is 9.18 Å². The molecule has 2 fully saturated rings. The second-order valence-electron chi connectivity index (χ2n) is 12.7. The molecule has 7 heteroatoms. The number of hydrogen-bond acceptors (Lipinski definition) is 5. The van der Waals surface area contributed by atoms with Gasteiger partial charge in [0.1, 0.15) is 11.9 Å². The molecule has 1 saturated heterocycles. The molecule has 1 aliphatic carbocycles. The number of nitrogens with zero attached hydrogens (tertiary/aromatic N) is 2. The summed E-state index contributed by atoms with van der Waals surface area (Å²) in [6.07, 6.45) is 10.7. The van der Waals surface area contributed by atoms with Gasteiger partial charge in [0.05, 0.1) is 6.04 Å². The van der Waals surface area contributed by atoms with Gasteiger partial charge in [-0.25, -0.2) is 9.82 Å². The number of piperidine rings is 1. The second-order valence-corrected chi connectivity index (χ2v) is 12.7. The summed E-state index contributed by atoms with van der Waals surface area (Å²) in [5.74, 6) is 1.17. The van der Waals surface area contributed by atoms with Crippen molar-refractivity contribution in [3.8, 4) is 0 Å². The van der Waals surface area contributed by atoms with Gasteiger partial charge in [0, 0.05) is 24.7 Å². The Balaban J connectivity index is 0.000000365. The van der Waals surface area contributed by atoms with Gasteiger partial charge in [0.25, 0.3) is 0 Å². The van der Waals surface area contributed by atoms with Crippen LogP contribution < -0.4 is 10.7 Å². The smallest absolute Gasteiger partial charge is 0.320 e. The molecular weight excluding hydrogens is 539 g/mol. The van der Waals surface area contributed by atoms with Gasteiger partial charge in [0.15, 0.2) is 0 Å². The SMILES string of the molecule is CCN1NC(Cc2ccccc2)C=C1C1CCN(CC2CCC[C@@H]2c2cccc(F)c2)CC1.CC[C@H](C)C(NC)C(=O)O. The van der Waals surface area contributed by atoms with Crippen molar-refractivity contribution in [1.82, 2.24) is 20.7 Å². The quantitative estimate of drug-likeness (QED) is 0.278. The summed E-state index contributed by atoms with van der Waals surface area (Å²) < 4.78 is 13.8. The number of hydrogen-bond donors (Lipinski definition) is 3. The second kappa shape index (κ2) is 16.4. The van der Waals surface area contributed by atoms with Gasteiger partial charge >= 0.3 is 5.97 Å². The van der Waals surface area contributed by atoms with Crippen LogP contribution in [0.15, 0.2) is 66.4 Å². The predicted molar refractivity (Wildman–Crippen MR) is 173 cm³/mol. The van der Waals surface area contributed by atoms with Crippen LogP contribution in [-0.2, 0) is 11.2 Å². The fourth-order valence-corrected chi connectivity index (χ4v) is 7.27. The third-order valence-electron chi connectivity index (χ3n) is 9.84. The van der Waals surface area contributed by atoms with Gasteiger partial charge < -0.3 is 20.3 Å². The van der Waals surface area contributed by atoms with Gasteiger partial charge in [-0.3, -0.25) is 4.79 Å². The molecule has 2 aromatic carbocycles. The fraction of sp³-hybridized carbons (Fsp3) is 0.583. The maximum atomic E-state index is 13.8. The molecule has 3 unspecified atom stereocenters. The first-order chi connectivity index (χ1) is 20.8. The van der Waals surface area contributed by atoms with Crippen molar-refractivity contribution in [3.63, 3.8) is 0 Å². The van der Waals surface area contributed by atoms with E-state index >= 15 is 0 Å². The van der Waals surface area contributed by atoms with Gasteiger partial charge in [-0.2, -0.15) is 0 Å². The Bertz CT molecular complexity index is 1170. The van der Waals surface area contributed by atoms with Crippen molar-refractivity contribution >= 4 is 5.97 Å². The number of hydrazine groups is 1. The van der Waals surface area contributed by atoms with Crippen LogP contribution in [0.25, 0.3) is 0 Å². The molecule has 2 aromatic rings. The molecule has 236 valence electrons. The van der Waals surface area contributed by atoms with Crippen LogP contribution in [0.2, 0.25) is 0 Å². The van der Waals surface area contributed by atoms with Crippen LogP contribution in [0, 0.1) is 23.6 Å². The summed E-state index contributed by atoms with van der Waals surface area (Å²) >= 11 is 0. The molecule has 2 heterocycles. The van der Waals surface area contributed by atoms with Crippen LogP contribution in [-0.4, -0.2) is 66.3 Å². The molecular formula is C36H53FN4O2. The first-order valence-corrected chi connectivity index (χ1v) is 16.5. The lowest BCUT2D eigenvalue weighted by Crippen LogP contribution is -2.42. The van der Waals surface area contributed by atoms with Crippen LogP contribution in [0.5, 0.6) is 0 Å². The van der Waals surface area contributed by atoms with E-state index < -0.39 is 12.0 Å². The summed E-state index contributed by atoms with van der Waals surface area (Å²) in [4.78, 5) is 13.1. The Morgan fingerprint density at radius 2 is 1.81 bits per heavy atom. The Morgan fingerprint density at radius 1 is 1.07 bits per heavy atom. The third kappa shape index (κ3) is 9.13. The number of likely N-dealkylation sites (tertiary alicyclic amines) is 1. The number of nitrogens with one attached hydrogen (secondary N) is 2. The molecule has 0 spiro atoms. The Morgan fingerprint density at radius 3 is 2.42 bits per heavy atom. The standard InChI is InChI=1S/C29H38FN3.C7H15NO2/c1-2-33-29(20-27(31-33)18-22-8-4-3-5-9-22)23-14-16-32(17-15-23)21-25-11-7-13-28(25)24-10-6-12-26(30)19-24;1-4-5(2)6(8-3)7(9)10/h3-6,8-10,12,19-20,23,25,27-28,31H,2,7,11,13-18,21H2,1H3;5-6,8H,4H2,1-3H3,(H,9,10)/t25?,27?,28-;5-,6?/m10/s1. The van der Waals surface area contributed by atoms with E-state index in [0.29, 0.717) is 23.8 Å². The zero-order chi connectivity index (χ0) is 30.8. The number of benzene rings is 2. The van der Waals surface area contributed by atoms with Crippen molar-refractivity contribution in [2.75, 3.05) is 33.2 Å². The minimum absolute atomic E-state index is 0.0940. The Hall–Kier alpha value is -2.74. The van der Waals surface area contributed by atoms with E-state index in [0.717, 1.165) is 19.4 Å². The zero-order valence-electron chi connectivity index (χ0n) is 26.6. The summed E-state index contributed by atoms with van der Waals surface area (Å²) in [7, 11) is 1.67. The van der Waals surface area contributed by atoms with Crippen molar-refractivity contribution in [1.29, 1.82) is 0 Å². The maximum Gasteiger partial charge on any atom is 0.320 e. The Labute approximate surface area is 258 Å². The molecule has 3 aliphatic rings. The highest BCUT2D eigenvalue weighted by molar-refractivity contribution is 5.73.